The number of aryl methyl sites for hydroxylation is 2. The molecule has 156 valence electrons. The molecule has 1 unspecified atom stereocenters. The number of benzene rings is 2. The number of para-hydroxylation sites is 1. The summed E-state index contributed by atoms with van der Waals surface area (Å²) in [4.78, 5) is 12.4. The first-order chi connectivity index (χ1) is 14.3. The number of carbonyl (C=O) groups is 1. The minimum Gasteiger partial charge on any atom is -0.383 e. The number of nitrogens with one attached hydrogen (secondary N) is 2. The molecule has 7 heteroatoms. The second-order valence-electron chi connectivity index (χ2n) is 7.29. The van der Waals surface area contributed by atoms with E-state index in [1.807, 2.05) is 13.0 Å². The van der Waals surface area contributed by atoms with E-state index in [0.717, 1.165) is 37.0 Å². The van der Waals surface area contributed by atoms with Crippen LogP contribution in [0, 0.1) is 11.3 Å². The molecule has 1 aliphatic carbocycles. The number of anilines is 1. The molecule has 0 saturated heterocycles. The highest BCUT2D eigenvalue weighted by atomic mass is 19.4. The van der Waals surface area contributed by atoms with Crippen LogP contribution in [0.4, 0.5) is 18.9 Å². The maximum Gasteiger partial charge on any atom is 0.418 e. The number of alkyl halides is 3. The number of hydrogen-bond donors (Lipinski definition) is 2. The highest BCUT2D eigenvalue weighted by Crippen LogP contribution is 2.34. The maximum absolute atomic E-state index is 13.1. The fourth-order valence-electron chi connectivity index (χ4n) is 3.50. The van der Waals surface area contributed by atoms with Crippen LogP contribution in [-0.4, -0.2) is 5.91 Å². The highest BCUT2D eigenvalue weighted by Gasteiger charge is 2.33. The van der Waals surface area contributed by atoms with Gasteiger partial charge in [0.05, 0.1) is 11.3 Å². The standard InChI is InChI=1S/C23H22F3N3O/c1-15(17-11-10-16-6-2-3-7-18(16)12-17)28-14-19(13-27)22(30)29-21-9-5-4-8-20(21)23(24,25)26/h4-5,8-12,14-15,28H,2-3,6-7H2,1H3,(H,29,30)/b19-14-. The van der Waals surface area contributed by atoms with Crippen molar-refractivity contribution in [2.24, 2.45) is 0 Å². The van der Waals surface area contributed by atoms with E-state index in [-0.39, 0.29) is 17.3 Å². The predicted molar refractivity (Wildman–Crippen MR) is 108 cm³/mol. The summed E-state index contributed by atoms with van der Waals surface area (Å²) in [5.41, 5.74) is 2.03. The molecular weight excluding hydrogens is 391 g/mol. The normalized spacial score (nSPS) is 15.0. The van der Waals surface area contributed by atoms with Gasteiger partial charge in [-0.3, -0.25) is 4.79 Å². The first-order valence-electron chi connectivity index (χ1n) is 9.75. The van der Waals surface area contributed by atoms with Crippen molar-refractivity contribution >= 4 is 11.6 Å². The molecule has 0 aliphatic heterocycles. The molecule has 0 radical (unpaired) electrons. The molecule has 0 fully saturated rings. The Hall–Kier alpha value is -3.27. The molecule has 2 N–H and O–H groups in total. The molecule has 1 aliphatic rings. The van der Waals surface area contributed by atoms with Crippen molar-refractivity contribution in [3.8, 4) is 6.07 Å². The summed E-state index contributed by atoms with van der Waals surface area (Å²) in [7, 11) is 0. The molecule has 0 spiro atoms. The Labute approximate surface area is 173 Å². The largest absolute Gasteiger partial charge is 0.418 e. The van der Waals surface area contributed by atoms with Crippen LogP contribution in [0.25, 0.3) is 0 Å². The van der Waals surface area contributed by atoms with Gasteiger partial charge < -0.3 is 10.6 Å². The Morgan fingerprint density at radius 2 is 1.83 bits per heavy atom. The summed E-state index contributed by atoms with van der Waals surface area (Å²) < 4.78 is 39.3. The minimum absolute atomic E-state index is 0.171. The minimum atomic E-state index is -4.61. The smallest absolute Gasteiger partial charge is 0.383 e. The van der Waals surface area contributed by atoms with Crippen molar-refractivity contribution in [3.05, 3.63) is 76.5 Å². The summed E-state index contributed by atoms with van der Waals surface area (Å²) in [5, 5.41) is 14.5. The summed E-state index contributed by atoms with van der Waals surface area (Å²) in [6, 6.07) is 12.5. The van der Waals surface area contributed by atoms with Crippen LogP contribution in [-0.2, 0) is 23.8 Å². The van der Waals surface area contributed by atoms with E-state index in [9.17, 15) is 23.2 Å². The van der Waals surface area contributed by atoms with Crippen molar-refractivity contribution in [1.82, 2.24) is 5.32 Å². The van der Waals surface area contributed by atoms with Crippen LogP contribution in [0.15, 0.2) is 54.2 Å². The Morgan fingerprint density at radius 3 is 2.53 bits per heavy atom. The van der Waals surface area contributed by atoms with E-state index in [1.165, 1.54) is 35.9 Å². The van der Waals surface area contributed by atoms with Crippen LogP contribution in [0.2, 0.25) is 0 Å². The number of halogens is 3. The number of rotatable bonds is 5. The van der Waals surface area contributed by atoms with Gasteiger partial charge in [0.25, 0.3) is 5.91 Å². The van der Waals surface area contributed by atoms with Crippen LogP contribution < -0.4 is 10.6 Å². The molecular formula is C23H22F3N3O. The lowest BCUT2D eigenvalue weighted by atomic mass is 9.89. The lowest BCUT2D eigenvalue weighted by Crippen LogP contribution is -2.20. The quantitative estimate of drug-likeness (QED) is 0.518. The van der Waals surface area contributed by atoms with E-state index < -0.39 is 17.6 Å². The van der Waals surface area contributed by atoms with Crippen LogP contribution in [0.3, 0.4) is 0 Å². The Bertz CT molecular complexity index is 1010. The van der Waals surface area contributed by atoms with E-state index in [4.69, 9.17) is 0 Å². The molecule has 1 amide bonds. The zero-order valence-electron chi connectivity index (χ0n) is 16.5. The first-order valence-corrected chi connectivity index (χ1v) is 9.75. The van der Waals surface area contributed by atoms with Gasteiger partial charge >= 0.3 is 6.18 Å². The number of hydrogen-bond acceptors (Lipinski definition) is 3. The van der Waals surface area contributed by atoms with Crippen LogP contribution >= 0.6 is 0 Å². The maximum atomic E-state index is 13.1. The van der Waals surface area contributed by atoms with Gasteiger partial charge in [0.15, 0.2) is 0 Å². The molecule has 0 heterocycles. The van der Waals surface area contributed by atoms with Gasteiger partial charge in [-0.05, 0) is 61.4 Å². The van der Waals surface area contributed by atoms with Gasteiger partial charge in [-0.2, -0.15) is 18.4 Å². The van der Waals surface area contributed by atoms with E-state index in [0.29, 0.717) is 0 Å². The number of nitriles is 1. The highest BCUT2D eigenvalue weighted by molar-refractivity contribution is 6.06. The number of fused-ring (bicyclic) bond motifs is 1. The van der Waals surface area contributed by atoms with Gasteiger partial charge in [-0.15, -0.1) is 0 Å². The van der Waals surface area contributed by atoms with Gasteiger partial charge in [-0.25, -0.2) is 0 Å². The van der Waals surface area contributed by atoms with Crippen molar-refractivity contribution in [2.45, 2.75) is 44.8 Å². The van der Waals surface area contributed by atoms with Gasteiger partial charge in [-0.1, -0.05) is 30.3 Å². The fourth-order valence-corrected chi connectivity index (χ4v) is 3.50. The summed E-state index contributed by atoms with van der Waals surface area (Å²) in [6.45, 7) is 1.90. The Balaban J connectivity index is 1.72. The number of amides is 1. The van der Waals surface area contributed by atoms with E-state index >= 15 is 0 Å². The molecule has 0 aromatic heterocycles. The SMILES string of the molecule is CC(N/C=C(/C#N)C(=O)Nc1ccccc1C(F)(F)F)c1ccc2c(c1)CCCC2. The average Bonchev–Trinajstić information content (AvgIpc) is 2.73. The second-order valence-corrected chi connectivity index (χ2v) is 7.29. The number of carbonyl (C=O) groups excluding carboxylic acids is 1. The van der Waals surface area contributed by atoms with Crippen molar-refractivity contribution in [2.75, 3.05) is 5.32 Å². The lowest BCUT2D eigenvalue weighted by Gasteiger charge is -2.19. The van der Waals surface area contributed by atoms with Gasteiger partial charge in [0, 0.05) is 12.2 Å². The molecule has 2 aromatic carbocycles. The molecule has 0 saturated carbocycles. The third kappa shape index (κ3) is 5.01. The van der Waals surface area contributed by atoms with Gasteiger partial charge in [0.2, 0.25) is 0 Å². The molecule has 4 nitrogen and oxygen atoms in total. The molecule has 30 heavy (non-hydrogen) atoms. The topological polar surface area (TPSA) is 64.9 Å². The van der Waals surface area contributed by atoms with Gasteiger partial charge in [0.1, 0.15) is 11.6 Å². The monoisotopic (exact) mass is 413 g/mol. The molecule has 2 aromatic rings. The molecule has 3 rings (SSSR count). The van der Waals surface area contributed by atoms with Crippen LogP contribution in [0.1, 0.15) is 48.1 Å². The summed E-state index contributed by atoms with van der Waals surface area (Å²) >= 11 is 0. The molecule has 0 bridgehead atoms. The van der Waals surface area contributed by atoms with E-state index in [2.05, 4.69) is 22.8 Å². The third-order valence-corrected chi connectivity index (χ3v) is 5.20. The average molecular weight is 413 g/mol. The zero-order valence-corrected chi connectivity index (χ0v) is 16.5. The second kappa shape index (κ2) is 9.04. The van der Waals surface area contributed by atoms with Crippen LogP contribution in [0.5, 0.6) is 0 Å². The first kappa shape index (κ1) is 21.4. The summed E-state index contributed by atoms with van der Waals surface area (Å²) in [5.74, 6) is -0.903. The van der Waals surface area contributed by atoms with E-state index in [1.54, 1.807) is 6.07 Å². The predicted octanol–water partition coefficient (Wildman–Crippen LogP) is 5.28. The Kier molecular flexibility index (Phi) is 6.46. The Morgan fingerprint density at radius 1 is 1.13 bits per heavy atom. The summed E-state index contributed by atoms with van der Waals surface area (Å²) in [6.07, 6.45) is 1.11. The third-order valence-electron chi connectivity index (χ3n) is 5.20. The van der Waals surface area contributed by atoms with Crippen molar-refractivity contribution < 1.29 is 18.0 Å². The lowest BCUT2D eigenvalue weighted by molar-refractivity contribution is -0.137. The van der Waals surface area contributed by atoms with Crippen molar-refractivity contribution in [3.63, 3.8) is 0 Å². The number of nitrogens with zero attached hydrogens (tertiary/aromatic N) is 1. The van der Waals surface area contributed by atoms with Crippen molar-refractivity contribution in [1.29, 1.82) is 5.26 Å². The molecule has 1 atom stereocenters. The zero-order chi connectivity index (χ0) is 21.7. The fraction of sp³-hybridized carbons (Fsp3) is 0.304.